The Bertz CT molecular complexity index is 1040. The van der Waals surface area contributed by atoms with Gasteiger partial charge in [-0.2, -0.15) is 0 Å². The van der Waals surface area contributed by atoms with Crippen molar-refractivity contribution in [1.82, 2.24) is 15.3 Å². The summed E-state index contributed by atoms with van der Waals surface area (Å²) in [6.45, 7) is 5.23. The standard InChI is InChI=1S/C21H21ClFN3O3/c1-21(2,3)29-20(28)17(8-12-4-6-15(23)7-5-12)26-19(27)16-10-13-9-14(22)11-24-18(13)25-16/h4-7,9-11,17H,8H2,1-3H3,(H,24,25)(H,26,27). The minimum absolute atomic E-state index is 0.158. The Kier molecular flexibility index (Phi) is 5.88. The van der Waals surface area contributed by atoms with Crippen LogP contribution in [-0.4, -0.2) is 33.5 Å². The zero-order valence-corrected chi connectivity index (χ0v) is 17.0. The third-order valence-electron chi connectivity index (χ3n) is 4.03. The van der Waals surface area contributed by atoms with Gasteiger partial charge in [-0.25, -0.2) is 14.2 Å². The molecule has 2 heterocycles. The molecule has 0 saturated heterocycles. The summed E-state index contributed by atoms with van der Waals surface area (Å²) in [6.07, 6.45) is 1.63. The quantitative estimate of drug-likeness (QED) is 0.614. The number of hydrogen-bond acceptors (Lipinski definition) is 4. The van der Waals surface area contributed by atoms with E-state index in [-0.39, 0.29) is 17.9 Å². The van der Waals surface area contributed by atoms with Crippen LogP contribution in [0.5, 0.6) is 0 Å². The van der Waals surface area contributed by atoms with Crippen molar-refractivity contribution in [2.75, 3.05) is 0 Å². The van der Waals surface area contributed by atoms with Crippen molar-refractivity contribution in [3.63, 3.8) is 0 Å². The highest BCUT2D eigenvalue weighted by Gasteiger charge is 2.28. The van der Waals surface area contributed by atoms with Crippen LogP contribution in [0.1, 0.15) is 36.8 Å². The molecule has 0 aliphatic carbocycles. The van der Waals surface area contributed by atoms with Crippen LogP contribution in [-0.2, 0) is 16.0 Å². The second-order valence-electron chi connectivity index (χ2n) is 7.66. The first-order valence-electron chi connectivity index (χ1n) is 9.03. The largest absolute Gasteiger partial charge is 0.458 e. The van der Waals surface area contributed by atoms with E-state index in [0.717, 1.165) is 0 Å². The highest BCUT2D eigenvalue weighted by atomic mass is 35.5. The summed E-state index contributed by atoms with van der Waals surface area (Å²) in [4.78, 5) is 32.4. The Morgan fingerprint density at radius 3 is 2.59 bits per heavy atom. The average molecular weight is 418 g/mol. The molecule has 0 aliphatic rings. The van der Waals surface area contributed by atoms with E-state index in [0.29, 0.717) is 21.6 Å². The fourth-order valence-electron chi connectivity index (χ4n) is 2.77. The van der Waals surface area contributed by atoms with Gasteiger partial charge in [0.25, 0.3) is 5.91 Å². The first kappa shape index (κ1) is 20.8. The van der Waals surface area contributed by atoms with Crippen molar-refractivity contribution in [2.45, 2.75) is 38.8 Å². The van der Waals surface area contributed by atoms with Crippen LogP contribution in [0.4, 0.5) is 4.39 Å². The van der Waals surface area contributed by atoms with Crippen molar-refractivity contribution < 1.29 is 18.7 Å². The van der Waals surface area contributed by atoms with E-state index in [1.54, 1.807) is 45.0 Å². The number of hydrogen-bond donors (Lipinski definition) is 2. The van der Waals surface area contributed by atoms with Crippen LogP contribution in [0.2, 0.25) is 5.02 Å². The number of esters is 1. The molecule has 8 heteroatoms. The molecule has 0 bridgehead atoms. The van der Waals surface area contributed by atoms with Crippen molar-refractivity contribution in [2.24, 2.45) is 0 Å². The lowest BCUT2D eigenvalue weighted by molar-refractivity contribution is -0.157. The van der Waals surface area contributed by atoms with Crippen molar-refractivity contribution in [1.29, 1.82) is 0 Å². The lowest BCUT2D eigenvalue weighted by atomic mass is 10.1. The fraction of sp³-hybridized carbons (Fsp3) is 0.286. The number of fused-ring (bicyclic) bond motifs is 1. The van der Waals surface area contributed by atoms with Crippen molar-refractivity contribution in [3.05, 3.63) is 64.7 Å². The van der Waals surface area contributed by atoms with Gasteiger partial charge in [0.05, 0.1) is 5.02 Å². The number of carbonyl (C=O) groups is 2. The number of halogens is 2. The maximum absolute atomic E-state index is 13.2. The van der Waals surface area contributed by atoms with Crippen molar-refractivity contribution in [3.8, 4) is 0 Å². The predicted octanol–water partition coefficient (Wildman–Crippen LogP) is 4.04. The highest BCUT2D eigenvalue weighted by molar-refractivity contribution is 6.31. The smallest absolute Gasteiger partial charge is 0.329 e. The number of pyridine rings is 1. The molecule has 0 fully saturated rings. The van der Waals surface area contributed by atoms with Crippen LogP contribution in [0.25, 0.3) is 11.0 Å². The molecule has 3 rings (SSSR count). The Labute approximate surface area is 172 Å². The van der Waals surface area contributed by atoms with E-state index in [1.807, 2.05) is 0 Å². The van der Waals surface area contributed by atoms with Gasteiger partial charge in [-0.1, -0.05) is 23.7 Å². The molecule has 2 N–H and O–H groups in total. The molecule has 1 amide bonds. The second-order valence-corrected chi connectivity index (χ2v) is 8.10. The van der Waals surface area contributed by atoms with E-state index in [9.17, 15) is 14.0 Å². The van der Waals surface area contributed by atoms with Gasteiger partial charge in [0, 0.05) is 18.0 Å². The zero-order valence-electron chi connectivity index (χ0n) is 16.3. The van der Waals surface area contributed by atoms with Crippen LogP contribution >= 0.6 is 11.6 Å². The van der Waals surface area contributed by atoms with Gasteiger partial charge in [-0.3, -0.25) is 4.79 Å². The lowest BCUT2D eigenvalue weighted by Gasteiger charge is -2.24. The topological polar surface area (TPSA) is 84.1 Å². The normalized spacial score (nSPS) is 12.6. The van der Waals surface area contributed by atoms with Gasteiger partial charge < -0.3 is 15.0 Å². The molecule has 0 saturated carbocycles. The average Bonchev–Trinajstić information content (AvgIpc) is 3.04. The van der Waals surface area contributed by atoms with Crippen LogP contribution in [0.15, 0.2) is 42.6 Å². The molecule has 0 aliphatic heterocycles. The molecule has 2 aromatic heterocycles. The molecule has 152 valence electrons. The van der Waals surface area contributed by atoms with Gasteiger partial charge in [-0.05, 0) is 50.6 Å². The molecule has 3 aromatic rings. The fourth-order valence-corrected chi connectivity index (χ4v) is 2.94. The van der Waals surface area contributed by atoms with Crippen LogP contribution in [0, 0.1) is 5.82 Å². The molecule has 0 radical (unpaired) electrons. The minimum Gasteiger partial charge on any atom is -0.458 e. The molecular weight excluding hydrogens is 397 g/mol. The predicted molar refractivity (Wildman–Crippen MR) is 108 cm³/mol. The number of nitrogens with one attached hydrogen (secondary N) is 2. The monoisotopic (exact) mass is 417 g/mol. The van der Waals surface area contributed by atoms with E-state index >= 15 is 0 Å². The Balaban J connectivity index is 1.82. The summed E-state index contributed by atoms with van der Waals surface area (Å²) in [5.74, 6) is -1.44. The number of ether oxygens (including phenoxy) is 1. The first-order valence-corrected chi connectivity index (χ1v) is 9.41. The molecule has 0 spiro atoms. The lowest BCUT2D eigenvalue weighted by Crippen LogP contribution is -2.45. The van der Waals surface area contributed by atoms with E-state index in [4.69, 9.17) is 16.3 Å². The molecule has 1 unspecified atom stereocenters. The number of amides is 1. The van der Waals surface area contributed by atoms with E-state index in [2.05, 4.69) is 15.3 Å². The Morgan fingerprint density at radius 1 is 1.24 bits per heavy atom. The summed E-state index contributed by atoms with van der Waals surface area (Å²) < 4.78 is 18.6. The summed E-state index contributed by atoms with van der Waals surface area (Å²) >= 11 is 5.93. The Morgan fingerprint density at radius 2 is 1.93 bits per heavy atom. The van der Waals surface area contributed by atoms with Crippen LogP contribution < -0.4 is 5.32 Å². The number of aromatic amines is 1. The summed E-state index contributed by atoms with van der Waals surface area (Å²) in [6, 6.07) is 8.07. The van der Waals surface area contributed by atoms with Gasteiger partial charge in [-0.15, -0.1) is 0 Å². The number of rotatable bonds is 5. The highest BCUT2D eigenvalue weighted by Crippen LogP contribution is 2.18. The number of H-pyrrole nitrogens is 1. The summed E-state index contributed by atoms with van der Waals surface area (Å²) in [5, 5.41) is 3.82. The van der Waals surface area contributed by atoms with E-state index in [1.165, 1.54) is 18.3 Å². The van der Waals surface area contributed by atoms with Gasteiger partial charge >= 0.3 is 5.97 Å². The van der Waals surface area contributed by atoms with Gasteiger partial charge in [0.1, 0.15) is 28.8 Å². The number of benzene rings is 1. The number of nitrogens with zero attached hydrogens (tertiary/aromatic N) is 1. The number of carbonyl (C=O) groups excluding carboxylic acids is 2. The SMILES string of the molecule is CC(C)(C)OC(=O)C(Cc1ccc(F)cc1)NC(=O)c1cc2cc(Cl)cnc2[nH]1. The molecule has 29 heavy (non-hydrogen) atoms. The van der Waals surface area contributed by atoms with Gasteiger partial charge in [0.15, 0.2) is 0 Å². The summed E-state index contributed by atoms with van der Waals surface area (Å²) in [5.41, 5.74) is 0.715. The second kappa shape index (κ2) is 8.21. The van der Waals surface area contributed by atoms with E-state index < -0.39 is 23.5 Å². The van der Waals surface area contributed by atoms with Gasteiger partial charge in [0.2, 0.25) is 0 Å². The minimum atomic E-state index is -0.949. The van der Waals surface area contributed by atoms with Crippen LogP contribution in [0.3, 0.4) is 0 Å². The molecule has 1 aromatic carbocycles. The molecule has 1 atom stereocenters. The Hall–Kier alpha value is -2.93. The number of aromatic nitrogens is 2. The maximum atomic E-state index is 13.2. The summed E-state index contributed by atoms with van der Waals surface area (Å²) in [7, 11) is 0. The zero-order chi connectivity index (χ0) is 21.2. The third kappa shape index (κ3) is 5.54. The van der Waals surface area contributed by atoms with Crippen molar-refractivity contribution >= 4 is 34.5 Å². The molecular formula is C21H21ClFN3O3. The first-order chi connectivity index (χ1) is 13.6. The molecule has 6 nitrogen and oxygen atoms in total. The third-order valence-corrected chi connectivity index (χ3v) is 4.24. The maximum Gasteiger partial charge on any atom is 0.329 e.